The maximum atomic E-state index is 12.0. The van der Waals surface area contributed by atoms with Gasteiger partial charge in [0.05, 0.1) is 0 Å². The molecule has 0 aliphatic rings. The van der Waals surface area contributed by atoms with Gasteiger partial charge in [0.2, 0.25) is 5.71 Å². The number of pyridine rings is 1. The van der Waals surface area contributed by atoms with E-state index < -0.39 is 0 Å². The highest BCUT2D eigenvalue weighted by atomic mass is 16.6. The quantitative estimate of drug-likeness (QED) is 0.697. The Morgan fingerprint density at radius 1 is 1.35 bits per heavy atom. The van der Waals surface area contributed by atoms with Gasteiger partial charge in [0.1, 0.15) is 23.6 Å². The van der Waals surface area contributed by atoms with E-state index in [1.165, 1.54) is 13.2 Å². The molecule has 0 saturated carbocycles. The molecule has 0 radical (unpaired) electrons. The van der Waals surface area contributed by atoms with Crippen LogP contribution in [-0.2, 0) is 11.9 Å². The van der Waals surface area contributed by atoms with E-state index in [0.29, 0.717) is 22.2 Å². The number of hydrogen-bond donors (Lipinski definition) is 0. The van der Waals surface area contributed by atoms with Gasteiger partial charge >= 0.3 is 0 Å². The minimum atomic E-state index is -0.116. The summed E-state index contributed by atoms with van der Waals surface area (Å²) < 4.78 is 7.41. The molecule has 5 nitrogen and oxygen atoms in total. The van der Waals surface area contributed by atoms with E-state index >= 15 is 0 Å². The molecule has 0 amide bonds. The Bertz CT molecular complexity index is 695. The Kier molecular flexibility index (Phi) is 2.75. The standard InChI is InChI=1S/C12H14N2O3/c1-7-5-9(13-16-4)11-10(15)6-8(2)17-12(11)14(7)3/h5-6H,1-4H3/b13-9+. The number of hydrogen-bond acceptors (Lipinski definition) is 4. The molecule has 0 bridgehead atoms. The zero-order valence-corrected chi connectivity index (χ0v) is 10.3. The van der Waals surface area contributed by atoms with Crippen LogP contribution in [0.25, 0.3) is 11.1 Å². The van der Waals surface area contributed by atoms with E-state index in [9.17, 15) is 4.79 Å². The highest BCUT2D eigenvalue weighted by molar-refractivity contribution is 5.72. The van der Waals surface area contributed by atoms with E-state index in [-0.39, 0.29) is 5.43 Å². The van der Waals surface area contributed by atoms with Crippen molar-refractivity contribution in [3.63, 3.8) is 0 Å². The zero-order valence-electron chi connectivity index (χ0n) is 10.3. The van der Waals surface area contributed by atoms with Crippen LogP contribution in [0.3, 0.4) is 0 Å². The smallest absolute Gasteiger partial charge is 0.213 e. The van der Waals surface area contributed by atoms with Crippen LogP contribution in [0.4, 0.5) is 0 Å². The second-order valence-corrected chi connectivity index (χ2v) is 3.91. The van der Waals surface area contributed by atoms with Gasteiger partial charge in [-0.2, -0.15) is 0 Å². The topological polar surface area (TPSA) is 56.7 Å². The van der Waals surface area contributed by atoms with Gasteiger partial charge in [0.15, 0.2) is 5.43 Å². The summed E-state index contributed by atoms with van der Waals surface area (Å²) in [4.78, 5) is 16.7. The number of fused-ring (bicyclic) bond motifs is 1. The Morgan fingerprint density at radius 2 is 2.06 bits per heavy atom. The van der Waals surface area contributed by atoms with E-state index in [1.807, 2.05) is 18.5 Å². The van der Waals surface area contributed by atoms with Crippen molar-refractivity contribution in [3.8, 4) is 0 Å². The van der Waals surface area contributed by atoms with Crippen molar-refractivity contribution in [2.75, 3.05) is 7.11 Å². The highest BCUT2D eigenvalue weighted by Gasteiger charge is 2.09. The average molecular weight is 234 g/mol. The normalized spacial score (nSPS) is 12.1. The molecule has 2 heterocycles. The number of rotatable bonds is 1. The van der Waals surface area contributed by atoms with Crippen LogP contribution in [0.15, 0.2) is 26.5 Å². The summed E-state index contributed by atoms with van der Waals surface area (Å²) >= 11 is 0. The molecule has 0 fully saturated rings. The summed E-state index contributed by atoms with van der Waals surface area (Å²) in [6, 6.07) is 3.24. The van der Waals surface area contributed by atoms with E-state index in [0.717, 1.165) is 5.69 Å². The molecule has 0 spiro atoms. The van der Waals surface area contributed by atoms with Gasteiger partial charge in [-0.15, -0.1) is 0 Å². The van der Waals surface area contributed by atoms with Crippen LogP contribution in [0, 0.1) is 13.8 Å². The van der Waals surface area contributed by atoms with Gasteiger partial charge in [-0.3, -0.25) is 4.79 Å². The first-order valence-electron chi connectivity index (χ1n) is 5.23. The lowest BCUT2D eigenvalue weighted by Crippen LogP contribution is -2.18. The average Bonchev–Trinajstić information content (AvgIpc) is 2.25. The van der Waals surface area contributed by atoms with Gasteiger partial charge < -0.3 is 13.8 Å². The van der Waals surface area contributed by atoms with E-state index in [2.05, 4.69) is 5.16 Å². The van der Waals surface area contributed by atoms with Gasteiger partial charge in [0, 0.05) is 18.8 Å². The van der Waals surface area contributed by atoms with Crippen LogP contribution in [0.1, 0.15) is 11.5 Å². The van der Waals surface area contributed by atoms with Crippen molar-refractivity contribution in [1.29, 1.82) is 0 Å². The third-order valence-electron chi connectivity index (χ3n) is 2.68. The molecular weight excluding hydrogens is 220 g/mol. The van der Waals surface area contributed by atoms with Crippen LogP contribution in [-0.4, -0.2) is 11.7 Å². The Balaban J connectivity index is 3.10. The highest BCUT2D eigenvalue weighted by Crippen LogP contribution is 2.09. The van der Waals surface area contributed by atoms with Gasteiger partial charge in [-0.25, -0.2) is 0 Å². The molecule has 5 heteroatoms. The summed E-state index contributed by atoms with van der Waals surface area (Å²) in [5.74, 6) is 0.576. The predicted molar refractivity (Wildman–Crippen MR) is 63.5 cm³/mol. The molecule has 0 aliphatic carbocycles. The van der Waals surface area contributed by atoms with Crippen molar-refractivity contribution in [1.82, 2.24) is 4.57 Å². The van der Waals surface area contributed by atoms with Crippen molar-refractivity contribution < 1.29 is 9.25 Å². The fraction of sp³-hybridized carbons (Fsp3) is 0.333. The summed E-state index contributed by atoms with van der Waals surface area (Å²) in [6.07, 6.45) is 0. The van der Waals surface area contributed by atoms with Crippen LogP contribution < -0.4 is 10.8 Å². The SMILES string of the molecule is CO/N=c1\cc(C)n(C)c2oc(C)cc(=O)c12. The first-order valence-corrected chi connectivity index (χ1v) is 5.23. The van der Waals surface area contributed by atoms with E-state index in [1.54, 1.807) is 13.0 Å². The molecule has 2 rings (SSSR count). The lowest BCUT2D eigenvalue weighted by Gasteiger charge is -2.08. The summed E-state index contributed by atoms with van der Waals surface area (Å²) in [7, 11) is 3.29. The molecule has 0 atom stereocenters. The number of aromatic nitrogens is 1. The van der Waals surface area contributed by atoms with Crippen LogP contribution in [0.2, 0.25) is 0 Å². The molecule has 2 aromatic heterocycles. The number of aryl methyl sites for hydroxylation is 3. The molecule has 0 unspecified atom stereocenters. The zero-order chi connectivity index (χ0) is 12.6. The maximum absolute atomic E-state index is 12.0. The lowest BCUT2D eigenvalue weighted by atomic mass is 10.2. The fourth-order valence-electron chi connectivity index (χ4n) is 1.76. The van der Waals surface area contributed by atoms with E-state index in [4.69, 9.17) is 9.25 Å². The van der Waals surface area contributed by atoms with Crippen molar-refractivity contribution in [2.45, 2.75) is 13.8 Å². The molecule has 0 aliphatic heterocycles. The summed E-state index contributed by atoms with van der Waals surface area (Å²) in [5, 5.41) is 4.78. The number of nitrogens with zero attached hydrogens (tertiary/aromatic N) is 2. The molecule has 17 heavy (non-hydrogen) atoms. The van der Waals surface area contributed by atoms with Crippen LogP contribution in [0.5, 0.6) is 0 Å². The molecule has 2 aromatic rings. The van der Waals surface area contributed by atoms with Crippen molar-refractivity contribution in [2.24, 2.45) is 12.2 Å². The Labute approximate surface area is 97.9 Å². The monoisotopic (exact) mass is 234 g/mol. The fourth-order valence-corrected chi connectivity index (χ4v) is 1.76. The largest absolute Gasteiger partial charge is 0.444 e. The summed E-state index contributed by atoms with van der Waals surface area (Å²) in [5.41, 5.74) is 1.32. The Hall–Kier alpha value is -2.04. The minimum absolute atomic E-state index is 0.116. The molecule has 0 aromatic carbocycles. The molecule has 90 valence electrons. The second-order valence-electron chi connectivity index (χ2n) is 3.91. The van der Waals surface area contributed by atoms with Gasteiger partial charge in [-0.1, -0.05) is 5.16 Å². The second kappa shape index (κ2) is 4.08. The first-order chi connectivity index (χ1) is 8.04. The van der Waals surface area contributed by atoms with Crippen molar-refractivity contribution >= 4 is 11.1 Å². The third kappa shape index (κ3) is 1.84. The first kappa shape index (κ1) is 11.4. The lowest BCUT2D eigenvalue weighted by molar-refractivity contribution is 0.201. The molecular formula is C12H14N2O3. The maximum Gasteiger partial charge on any atom is 0.213 e. The summed E-state index contributed by atoms with van der Waals surface area (Å²) in [6.45, 7) is 3.66. The molecule has 0 N–H and O–H groups in total. The minimum Gasteiger partial charge on any atom is -0.444 e. The van der Waals surface area contributed by atoms with Crippen LogP contribution >= 0.6 is 0 Å². The van der Waals surface area contributed by atoms with Gasteiger partial charge in [0.25, 0.3) is 0 Å². The molecule has 0 saturated heterocycles. The Morgan fingerprint density at radius 3 is 2.71 bits per heavy atom. The third-order valence-corrected chi connectivity index (χ3v) is 2.68. The van der Waals surface area contributed by atoms with Gasteiger partial charge in [-0.05, 0) is 19.9 Å². The van der Waals surface area contributed by atoms with Crippen molar-refractivity contribution in [3.05, 3.63) is 39.2 Å². The predicted octanol–water partition coefficient (Wildman–Crippen LogP) is 1.21.